The molecule has 1 aromatic rings. The van der Waals surface area contributed by atoms with Gasteiger partial charge in [0.25, 0.3) is 0 Å². The van der Waals surface area contributed by atoms with Crippen molar-refractivity contribution in [2.45, 2.75) is 51.1 Å². The summed E-state index contributed by atoms with van der Waals surface area (Å²) in [5.74, 6) is -0.587. The van der Waals surface area contributed by atoms with E-state index in [-0.39, 0.29) is 16.9 Å². The number of alkyl halides is 5. The van der Waals surface area contributed by atoms with Crippen LogP contribution in [-0.4, -0.2) is 40.6 Å². The SMILES string of the molecule is CC1NN\C=C/C(OCc2cccnc2C(F)(F)F)=C\C=C\1C(=O)NC(C)(CO)CC(F)F. The number of aromatic nitrogens is 1. The van der Waals surface area contributed by atoms with Crippen molar-refractivity contribution in [1.29, 1.82) is 0 Å². The summed E-state index contributed by atoms with van der Waals surface area (Å²) in [7, 11) is 0. The molecule has 0 spiro atoms. The van der Waals surface area contributed by atoms with Gasteiger partial charge in [-0.2, -0.15) is 13.2 Å². The van der Waals surface area contributed by atoms with Crippen LogP contribution in [0.3, 0.4) is 0 Å². The summed E-state index contributed by atoms with van der Waals surface area (Å²) in [6.45, 7) is 1.78. The van der Waals surface area contributed by atoms with Crippen LogP contribution in [0.1, 0.15) is 31.5 Å². The van der Waals surface area contributed by atoms with Crippen molar-refractivity contribution < 1.29 is 36.6 Å². The zero-order chi connectivity index (χ0) is 24.6. The van der Waals surface area contributed by atoms with Crippen molar-refractivity contribution in [2.24, 2.45) is 0 Å². The van der Waals surface area contributed by atoms with E-state index in [9.17, 15) is 31.9 Å². The monoisotopic (exact) mass is 476 g/mol. The molecule has 1 amide bonds. The molecule has 4 N–H and O–H groups in total. The highest BCUT2D eigenvalue weighted by Gasteiger charge is 2.35. The molecule has 1 aliphatic rings. The van der Waals surface area contributed by atoms with Crippen LogP contribution in [0.2, 0.25) is 0 Å². The summed E-state index contributed by atoms with van der Waals surface area (Å²) >= 11 is 0. The smallest absolute Gasteiger partial charge is 0.433 e. The van der Waals surface area contributed by atoms with Gasteiger partial charge in [0.1, 0.15) is 12.4 Å². The normalized spacial score (nSPS) is 22.9. The number of pyridine rings is 1. The molecular formula is C21H25F5N4O3. The van der Waals surface area contributed by atoms with Crippen LogP contribution in [0, 0.1) is 0 Å². The van der Waals surface area contributed by atoms with Crippen LogP contribution in [0.25, 0.3) is 0 Å². The molecule has 182 valence electrons. The number of rotatable bonds is 8. The highest BCUT2D eigenvalue weighted by atomic mass is 19.4. The van der Waals surface area contributed by atoms with E-state index in [1.165, 1.54) is 43.5 Å². The second kappa shape index (κ2) is 11.2. The van der Waals surface area contributed by atoms with E-state index in [2.05, 4.69) is 21.2 Å². The maximum Gasteiger partial charge on any atom is 0.433 e. The molecule has 0 saturated carbocycles. The fourth-order valence-corrected chi connectivity index (χ4v) is 2.93. The Labute approximate surface area is 187 Å². The van der Waals surface area contributed by atoms with Gasteiger partial charge in [-0.25, -0.2) is 14.2 Å². The lowest BCUT2D eigenvalue weighted by molar-refractivity contribution is -0.142. The Morgan fingerprint density at radius 3 is 2.70 bits per heavy atom. The number of hydrazine groups is 1. The lowest BCUT2D eigenvalue weighted by Crippen LogP contribution is -2.52. The molecule has 0 bridgehead atoms. The number of aliphatic hydroxyl groups is 1. The van der Waals surface area contributed by atoms with Gasteiger partial charge in [0, 0.05) is 30.0 Å². The average Bonchev–Trinajstić information content (AvgIpc) is 2.81. The van der Waals surface area contributed by atoms with Gasteiger partial charge in [-0.15, -0.1) is 0 Å². The van der Waals surface area contributed by atoms with Crippen molar-refractivity contribution >= 4 is 5.91 Å². The Bertz CT molecular complexity index is 917. The molecule has 0 fully saturated rings. The quantitative estimate of drug-likeness (QED) is 0.431. The summed E-state index contributed by atoms with van der Waals surface area (Å²) in [4.78, 5) is 16.1. The molecule has 2 atom stereocenters. The molecule has 0 saturated heterocycles. The number of amides is 1. The molecule has 1 aliphatic heterocycles. The van der Waals surface area contributed by atoms with Gasteiger partial charge >= 0.3 is 6.18 Å². The number of nitrogens with zero attached hydrogens (tertiary/aromatic N) is 1. The molecule has 0 radical (unpaired) electrons. The Balaban J connectivity index is 2.24. The molecule has 1 aromatic heterocycles. The molecule has 2 rings (SSSR count). The number of allylic oxidation sites excluding steroid dienone is 3. The van der Waals surface area contributed by atoms with Gasteiger partial charge in [-0.3, -0.25) is 9.78 Å². The molecule has 2 unspecified atom stereocenters. The maximum absolute atomic E-state index is 13.1. The zero-order valence-electron chi connectivity index (χ0n) is 17.9. The van der Waals surface area contributed by atoms with Gasteiger partial charge in [-0.05, 0) is 38.1 Å². The molecule has 0 aliphatic carbocycles. The number of nitrogens with one attached hydrogen (secondary N) is 3. The number of aliphatic hydroxyl groups excluding tert-OH is 1. The maximum atomic E-state index is 13.1. The second-order valence-electron chi connectivity index (χ2n) is 7.60. The van der Waals surface area contributed by atoms with E-state index in [0.717, 1.165) is 6.20 Å². The summed E-state index contributed by atoms with van der Waals surface area (Å²) in [6, 6.07) is 1.99. The minimum Gasteiger partial charge on any atom is -0.489 e. The third-order valence-electron chi connectivity index (χ3n) is 4.71. The molecule has 12 heteroatoms. The van der Waals surface area contributed by atoms with Gasteiger partial charge in [0.2, 0.25) is 12.3 Å². The molecule has 7 nitrogen and oxygen atoms in total. The number of ether oxygens (including phenoxy) is 1. The van der Waals surface area contributed by atoms with Crippen LogP contribution in [0.15, 0.2) is 54.1 Å². The van der Waals surface area contributed by atoms with Crippen LogP contribution >= 0.6 is 0 Å². The predicted molar refractivity (Wildman–Crippen MR) is 109 cm³/mol. The van der Waals surface area contributed by atoms with Crippen LogP contribution in [0.5, 0.6) is 0 Å². The molecule has 0 aromatic carbocycles. The number of hydrogen-bond donors (Lipinski definition) is 4. The van der Waals surface area contributed by atoms with Crippen molar-refractivity contribution in [3.8, 4) is 0 Å². The highest BCUT2D eigenvalue weighted by molar-refractivity contribution is 5.95. The van der Waals surface area contributed by atoms with Crippen molar-refractivity contribution in [3.63, 3.8) is 0 Å². The Morgan fingerprint density at radius 2 is 2.06 bits per heavy atom. The van der Waals surface area contributed by atoms with E-state index >= 15 is 0 Å². The van der Waals surface area contributed by atoms with E-state index < -0.39 is 55.4 Å². The van der Waals surface area contributed by atoms with Crippen LogP contribution in [-0.2, 0) is 22.3 Å². The Hall–Kier alpha value is -2.99. The van der Waals surface area contributed by atoms with E-state index in [0.29, 0.717) is 0 Å². The summed E-state index contributed by atoms with van der Waals surface area (Å²) in [6.07, 6.45) is -1.55. The summed E-state index contributed by atoms with van der Waals surface area (Å²) in [5, 5.41) is 11.9. The lowest BCUT2D eigenvalue weighted by atomic mass is 9.97. The van der Waals surface area contributed by atoms with Crippen LogP contribution in [0.4, 0.5) is 22.0 Å². The predicted octanol–water partition coefficient (Wildman–Crippen LogP) is 2.96. The van der Waals surface area contributed by atoms with Crippen molar-refractivity contribution in [2.75, 3.05) is 6.61 Å². The number of carbonyl (C=O) groups is 1. The first kappa shape index (κ1) is 26.3. The first-order chi connectivity index (χ1) is 15.4. The summed E-state index contributed by atoms with van der Waals surface area (Å²) < 4.78 is 70.5. The average molecular weight is 476 g/mol. The van der Waals surface area contributed by atoms with E-state index in [4.69, 9.17) is 4.74 Å². The Kier molecular flexibility index (Phi) is 8.94. The third-order valence-corrected chi connectivity index (χ3v) is 4.71. The topological polar surface area (TPSA) is 95.5 Å². The van der Waals surface area contributed by atoms with Gasteiger partial charge in [-0.1, -0.05) is 6.07 Å². The number of hydrogen-bond acceptors (Lipinski definition) is 6. The molecule has 33 heavy (non-hydrogen) atoms. The van der Waals surface area contributed by atoms with Crippen LogP contribution < -0.4 is 16.2 Å². The highest BCUT2D eigenvalue weighted by Crippen LogP contribution is 2.30. The molecular weight excluding hydrogens is 451 g/mol. The number of carbonyl (C=O) groups excluding carboxylic acids is 1. The number of halogens is 5. The zero-order valence-corrected chi connectivity index (χ0v) is 17.9. The molecule has 2 heterocycles. The minimum absolute atomic E-state index is 0.110. The lowest BCUT2D eigenvalue weighted by Gasteiger charge is -2.29. The van der Waals surface area contributed by atoms with Gasteiger partial charge < -0.3 is 20.6 Å². The standard InChI is InChI=1S/C21H25F5N4O3/c1-13-16(19(32)29-20(2,12-31)10-17(22)23)6-5-15(7-9-28-30-13)33-11-14-4-3-8-27-18(14)21(24,25)26/h3-9,13,17,28,30-31H,10-12H2,1-2H3,(H,29,32)/b9-7-,15-5+,16-6-. The Morgan fingerprint density at radius 1 is 1.33 bits per heavy atom. The minimum atomic E-state index is -4.65. The third kappa shape index (κ3) is 7.82. The second-order valence-corrected chi connectivity index (χ2v) is 7.60. The summed E-state index contributed by atoms with van der Waals surface area (Å²) in [5.41, 5.74) is 2.82. The van der Waals surface area contributed by atoms with Gasteiger partial charge in [0.15, 0.2) is 5.69 Å². The first-order valence-electron chi connectivity index (χ1n) is 9.90. The fourth-order valence-electron chi connectivity index (χ4n) is 2.93. The van der Waals surface area contributed by atoms with E-state index in [1.54, 1.807) is 6.92 Å². The largest absolute Gasteiger partial charge is 0.489 e. The van der Waals surface area contributed by atoms with Crippen molar-refractivity contribution in [1.82, 2.24) is 21.2 Å². The first-order valence-corrected chi connectivity index (χ1v) is 9.90. The fraction of sp³-hybridized carbons (Fsp3) is 0.429. The van der Waals surface area contributed by atoms with Crippen molar-refractivity contribution in [3.05, 3.63) is 65.3 Å². The van der Waals surface area contributed by atoms with Gasteiger partial charge in [0.05, 0.1) is 18.2 Å². The van der Waals surface area contributed by atoms with E-state index in [1.807, 2.05) is 0 Å².